The van der Waals surface area contributed by atoms with E-state index >= 15 is 0 Å². The zero-order valence-corrected chi connectivity index (χ0v) is 28.6. The summed E-state index contributed by atoms with van der Waals surface area (Å²) in [4.78, 5) is 82.7. The third-order valence-corrected chi connectivity index (χ3v) is 6.26. The minimum absolute atomic E-state index is 0.133. The standard InChI is InChI=1S/C33H50N2O12/c1-20(2)27(36)42-15-25(16-43-28(37)21(3)4)31(40)46-34-13-12-24(9)14-33(10,11)19-35-47-32(41)26(17-44-29(38)22(5)6)18-45-30(39)23(7)8/h24-26,34-35H,1,3,5,7,12-19H2,2,4,6,8-11H3. The maximum atomic E-state index is 12.7. The second-order valence-corrected chi connectivity index (χ2v) is 12.2. The number of carbonyl (C=O) groups excluding carboxylic acids is 6. The van der Waals surface area contributed by atoms with E-state index in [-0.39, 0.29) is 66.6 Å². The molecule has 14 heteroatoms. The summed E-state index contributed by atoms with van der Waals surface area (Å²) in [5, 5.41) is 0. The second kappa shape index (κ2) is 21.5. The molecule has 0 aliphatic carbocycles. The Labute approximate surface area is 276 Å². The van der Waals surface area contributed by atoms with E-state index < -0.39 is 47.7 Å². The van der Waals surface area contributed by atoms with Crippen LogP contribution in [0.4, 0.5) is 0 Å². The first-order valence-corrected chi connectivity index (χ1v) is 14.9. The van der Waals surface area contributed by atoms with Crippen LogP contribution in [0.5, 0.6) is 0 Å². The van der Waals surface area contributed by atoms with Crippen LogP contribution in [0.15, 0.2) is 48.6 Å². The summed E-state index contributed by atoms with van der Waals surface area (Å²) in [5.41, 5.74) is 5.47. The zero-order valence-electron chi connectivity index (χ0n) is 28.6. The minimum atomic E-state index is -1.08. The molecule has 1 unspecified atom stereocenters. The topological polar surface area (TPSA) is 182 Å². The van der Waals surface area contributed by atoms with Gasteiger partial charge in [-0.15, -0.1) is 0 Å². The summed E-state index contributed by atoms with van der Waals surface area (Å²) in [6.07, 6.45) is 1.28. The Morgan fingerprint density at radius 3 is 1.23 bits per heavy atom. The lowest BCUT2D eigenvalue weighted by Crippen LogP contribution is -2.37. The van der Waals surface area contributed by atoms with Crippen LogP contribution in [-0.2, 0) is 57.4 Å². The molecule has 0 aromatic rings. The summed E-state index contributed by atoms with van der Waals surface area (Å²) in [6, 6.07) is 0. The third-order valence-electron chi connectivity index (χ3n) is 6.26. The summed E-state index contributed by atoms with van der Waals surface area (Å²) in [7, 11) is 0. The highest BCUT2D eigenvalue weighted by Gasteiger charge is 2.28. The normalized spacial score (nSPS) is 11.6. The molecular weight excluding hydrogens is 616 g/mol. The van der Waals surface area contributed by atoms with Crippen molar-refractivity contribution < 1.29 is 57.4 Å². The molecule has 0 bridgehead atoms. The zero-order chi connectivity index (χ0) is 36.3. The van der Waals surface area contributed by atoms with Crippen LogP contribution in [0.25, 0.3) is 0 Å². The highest BCUT2D eigenvalue weighted by molar-refractivity contribution is 5.89. The van der Waals surface area contributed by atoms with Crippen LogP contribution in [0.3, 0.4) is 0 Å². The molecule has 0 aromatic heterocycles. The second-order valence-electron chi connectivity index (χ2n) is 12.2. The van der Waals surface area contributed by atoms with Crippen molar-refractivity contribution in [2.24, 2.45) is 23.2 Å². The van der Waals surface area contributed by atoms with E-state index in [2.05, 4.69) is 37.3 Å². The summed E-state index contributed by atoms with van der Waals surface area (Å²) in [6.45, 7) is 24.7. The van der Waals surface area contributed by atoms with Crippen LogP contribution in [0.2, 0.25) is 0 Å². The van der Waals surface area contributed by atoms with Crippen LogP contribution in [-0.4, -0.2) is 75.3 Å². The van der Waals surface area contributed by atoms with Crippen LogP contribution >= 0.6 is 0 Å². The van der Waals surface area contributed by atoms with Gasteiger partial charge < -0.3 is 28.6 Å². The first-order valence-electron chi connectivity index (χ1n) is 14.9. The Morgan fingerprint density at radius 2 is 0.915 bits per heavy atom. The van der Waals surface area contributed by atoms with Gasteiger partial charge in [0.25, 0.3) is 0 Å². The van der Waals surface area contributed by atoms with Gasteiger partial charge in [-0.25, -0.2) is 28.8 Å². The quantitative estimate of drug-likeness (QED) is 0.0533. The average molecular weight is 667 g/mol. The van der Waals surface area contributed by atoms with Crippen molar-refractivity contribution in [1.82, 2.24) is 11.0 Å². The largest absolute Gasteiger partial charge is 0.461 e. The predicted molar refractivity (Wildman–Crippen MR) is 170 cm³/mol. The van der Waals surface area contributed by atoms with Crippen LogP contribution < -0.4 is 11.0 Å². The molecule has 0 aliphatic rings. The molecule has 14 nitrogen and oxygen atoms in total. The lowest BCUT2D eigenvalue weighted by atomic mass is 9.82. The molecule has 0 rings (SSSR count). The van der Waals surface area contributed by atoms with Gasteiger partial charge in [-0.1, -0.05) is 47.1 Å². The molecule has 0 fully saturated rings. The van der Waals surface area contributed by atoms with Gasteiger partial charge in [-0.2, -0.15) is 11.0 Å². The van der Waals surface area contributed by atoms with E-state index in [1.54, 1.807) is 0 Å². The molecule has 0 saturated heterocycles. The third kappa shape index (κ3) is 19.1. The molecule has 0 amide bonds. The fraction of sp³-hybridized carbons (Fsp3) is 0.576. The SMILES string of the molecule is C=C(C)C(=O)OCC(COC(=O)C(=C)C)C(=O)ONCCC(C)CC(C)(C)CNOC(=O)C(COC(=O)C(=C)C)COC(=O)C(=C)C. The molecular formula is C33H50N2O12. The molecule has 1 atom stereocenters. The molecule has 0 spiro atoms. The molecule has 0 heterocycles. The number of hydrogen-bond acceptors (Lipinski definition) is 14. The van der Waals surface area contributed by atoms with Gasteiger partial charge in [0, 0.05) is 35.4 Å². The van der Waals surface area contributed by atoms with E-state index in [0.717, 1.165) is 0 Å². The van der Waals surface area contributed by atoms with Crippen molar-refractivity contribution >= 4 is 35.8 Å². The maximum absolute atomic E-state index is 12.7. The molecule has 0 aromatic carbocycles. The molecule has 47 heavy (non-hydrogen) atoms. The van der Waals surface area contributed by atoms with Gasteiger partial charge in [-0.05, 0) is 51.9 Å². The van der Waals surface area contributed by atoms with E-state index in [4.69, 9.17) is 28.6 Å². The van der Waals surface area contributed by atoms with Crippen molar-refractivity contribution in [3.8, 4) is 0 Å². The number of ether oxygens (including phenoxy) is 4. The Bertz CT molecular complexity index is 1130. The molecule has 0 aliphatic heterocycles. The molecule has 264 valence electrons. The number of hydroxylamine groups is 2. The Hall–Kier alpha value is -4.30. The summed E-state index contributed by atoms with van der Waals surface area (Å²) < 4.78 is 20.2. The Kier molecular flexibility index (Phi) is 19.5. The monoisotopic (exact) mass is 666 g/mol. The van der Waals surface area contributed by atoms with Crippen molar-refractivity contribution in [3.63, 3.8) is 0 Å². The number of nitrogens with one attached hydrogen (secondary N) is 2. The van der Waals surface area contributed by atoms with E-state index in [0.29, 0.717) is 19.4 Å². The van der Waals surface area contributed by atoms with Gasteiger partial charge in [0.2, 0.25) is 0 Å². The lowest BCUT2D eigenvalue weighted by molar-refractivity contribution is -0.167. The highest BCUT2D eigenvalue weighted by Crippen LogP contribution is 2.26. The van der Waals surface area contributed by atoms with Crippen molar-refractivity contribution in [3.05, 3.63) is 48.6 Å². The van der Waals surface area contributed by atoms with Crippen molar-refractivity contribution in [1.29, 1.82) is 0 Å². The Balaban J connectivity index is 4.85. The average Bonchev–Trinajstić information content (AvgIpc) is 2.97. The first kappa shape index (κ1) is 42.7. The number of carbonyl (C=O) groups is 6. The Morgan fingerprint density at radius 1 is 0.596 bits per heavy atom. The smallest absolute Gasteiger partial charge is 0.334 e. The van der Waals surface area contributed by atoms with Crippen molar-refractivity contribution in [2.45, 2.75) is 61.3 Å². The summed E-state index contributed by atoms with van der Waals surface area (Å²) in [5.74, 6) is -6.39. The van der Waals surface area contributed by atoms with Gasteiger partial charge in [0.05, 0.1) is 0 Å². The fourth-order valence-electron chi connectivity index (χ4n) is 3.58. The highest BCUT2D eigenvalue weighted by atomic mass is 16.7. The van der Waals surface area contributed by atoms with E-state index in [1.807, 2.05) is 20.8 Å². The first-order chi connectivity index (χ1) is 21.8. The lowest BCUT2D eigenvalue weighted by Gasteiger charge is -2.28. The van der Waals surface area contributed by atoms with Gasteiger partial charge >= 0.3 is 35.8 Å². The predicted octanol–water partition coefficient (Wildman–Crippen LogP) is 3.23. The molecule has 0 saturated carbocycles. The number of esters is 4. The van der Waals surface area contributed by atoms with Crippen molar-refractivity contribution in [2.75, 3.05) is 39.5 Å². The van der Waals surface area contributed by atoms with Gasteiger partial charge in [0.1, 0.15) is 38.3 Å². The summed E-state index contributed by atoms with van der Waals surface area (Å²) >= 11 is 0. The van der Waals surface area contributed by atoms with Crippen LogP contribution in [0, 0.1) is 23.2 Å². The van der Waals surface area contributed by atoms with Crippen LogP contribution in [0.1, 0.15) is 61.3 Å². The maximum Gasteiger partial charge on any atom is 0.334 e. The minimum Gasteiger partial charge on any atom is -0.461 e. The van der Waals surface area contributed by atoms with E-state index in [1.165, 1.54) is 27.7 Å². The molecule has 0 radical (unpaired) electrons. The van der Waals surface area contributed by atoms with E-state index in [9.17, 15) is 28.8 Å². The number of rotatable bonds is 23. The number of hydrogen-bond donors (Lipinski definition) is 2. The van der Waals surface area contributed by atoms with Gasteiger partial charge in [0.15, 0.2) is 0 Å². The fourth-order valence-corrected chi connectivity index (χ4v) is 3.58. The van der Waals surface area contributed by atoms with Gasteiger partial charge in [-0.3, -0.25) is 0 Å². The molecule has 2 N–H and O–H groups in total.